The first-order valence-corrected chi connectivity index (χ1v) is 5.32. The summed E-state index contributed by atoms with van der Waals surface area (Å²) >= 11 is 0. The van der Waals surface area contributed by atoms with Gasteiger partial charge in [0.25, 0.3) is 0 Å². The van der Waals surface area contributed by atoms with Gasteiger partial charge in [-0.25, -0.2) is 14.8 Å². The number of ether oxygens (including phenoxy) is 1. The van der Waals surface area contributed by atoms with Crippen molar-refractivity contribution in [1.82, 2.24) is 19.7 Å². The van der Waals surface area contributed by atoms with E-state index < -0.39 is 5.97 Å². The smallest absolute Gasteiger partial charge is 0.341 e. The zero-order chi connectivity index (χ0) is 13.0. The van der Waals surface area contributed by atoms with E-state index >= 15 is 0 Å². The first kappa shape index (κ1) is 12.0. The van der Waals surface area contributed by atoms with Crippen LogP contribution < -0.4 is 5.32 Å². The van der Waals surface area contributed by atoms with Gasteiger partial charge in [-0.2, -0.15) is 5.10 Å². The highest BCUT2D eigenvalue weighted by Gasteiger charge is 2.12. The Labute approximate surface area is 104 Å². The molecule has 1 N–H and O–H groups in total. The lowest BCUT2D eigenvalue weighted by atomic mass is 10.2. The second kappa shape index (κ2) is 5.26. The summed E-state index contributed by atoms with van der Waals surface area (Å²) in [6, 6.07) is 3.32. The summed E-state index contributed by atoms with van der Waals surface area (Å²) in [5.41, 5.74) is 0.385. The second-order valence-corrected chi connectivity index (χ2v) is 3.58. The van der Waals surface area contributed by atoms with Gasteiger partial charge in [-0.15, -0.1) is 0 Å². The number of hydrogen-bond donors (Lipinski definition) is 1. The number of rotatable bonds is 4. The Kier molecular flexibility index (Phi) is 3.52. The molecule has 0 saturated heterocycles. The van der Waals surface area contributed by atoms with Crippen LogP contribution >= 0.6 is 0 Å². The number of pyridine rings is 1. The third-order valence-electron chi connectivity index (χ3n) is 2.27. The van der Waals surface area contributed by atoms with Crippen LogP contribution in [-0.2, 0) is 18.3 Å². The fraction of sp³-hybridized carbons (Fsp3) is 0.273. The van der Waals surface area contributed by atoms with Crippen LogP contribution in [0.15, 0.2) is 24.7 Å². The first-order chi connectivity index (χ1) is 8.70. The van der Waals surface area contributed by atoms with Crippen LogP contribution in [0, 0.1) is 0 Å². The number of carbonyl (C=O) groups excluding carboxylic acids is 1. The Morgan fingerprint density at radius 1 is 1.50 bits per heavy atom. The second-order valence-electron chi connectivity index (χ2n) is 3.58. The molecule has 0 aliphatic heterocycles. The van der Waals surface area contributed by atoms with Crippen molar-refractivity contribution in [2.75, 3.05) is 12.4 Å². The number of aryl methyl sites for hydroxylation is 1. The quantitative estimate of drug-likeness (QED) is 0.797. The molecule has 0 fully saturated rings. The Bertz CT molecular complexity index is 552. The number of esters is 1. The highest BCUT2D eigenvalue weighted by Crippen LogP contribution is 2.13. The van der Waals surface area contributed by atoms with Crippen LogP contribution in [0.1, 0.15) is 16.2 Å². The van der Waals surface area contributed by atoms with Gasteiger partial charge < -0.3 is 10.1 Å². The molecule has 94 valence electrons. The maximum absolute atomic E-state index is 11.5. The van der Waals surface area contributed by atoms with E-state index in [9.17, 15) is 4.79 Å². The van der Waals surface area contributed by atoms with E-state index in [2.05, 4.69) is 25.1 Å². The normalized spacial score (nSPS) is 10.1. The molecule has 2 aromatic heterocycles. The van der Waals surface area contributed by atoms with Gasteiger partial charge in [0.2, 0.25) is 0 Å². The Morgan fingerprint density at radius 2 is 2.33 bits per heavy atom. The van der Waals surface area contributed by atoms with Crippen LogP contribution in [0.3, 0.4) is 0 Å². The summed E-state index contributed by atoms with van der Waals surface area (Å²) < 4.78 is 6.29. The molecule has 7 nitrogen and oxygen atoms in total. The Balaban J connectivity index is 2.11. The monoisotopic (exact) mass is 247 g/mol. The molecule has 18 heavy (non-hydrogen) atoms. The van der Waals surface area contributed by atoms with Crippen LogP contribution in [0.4, 0.5) is 5.82 Å². The molecular weight excluding hydrogens is 234 g/mol. The van der Waals surface area contributed by atoms with Gasteiger partial charge in [0.05, 0.1) is 13.7 Å². The third kappa shape index (κ3) is 2.62. The van der Waals surface area contributed by atoms with Crippen molar-refractivity contribution in [3.8, 4) is 0 Å². The maximum Gasteiger partial charge on any atom is 0.341 e. The molecule has 2 aromatic rings. The number of anilines is 1. The predicted molar refractivity (Wildman–Crippen MR) is 63.9 cm³/mol. The van der Waals surface area contributed by atoms with Gasteiger partial charge in [0.15, 0.2) is 5.82 Å². The highest BCUT2D eigenvalue weighted by molar-refractivity contribution is 5.94. The average Bonchev–Trinajstić information content (AvgIpc) is 2.81. The van der Waals surface area contributed by atoms with Crippen LogP contribution in [-0.4, -0.2) is 32.8 Å². The van der Waals surface area contributed by atoms with Crippen molar-refractivity contribution in [1.29, 1.82) is 0 Å². The topological polar surface area (TPSA) is 81.9 Å². The number of methoxy groups -OCH3 is 1. The molecule has 0 amide bonds. The van der Waals surface area contributed by atoms with Crippen molar-refractivity contribution in [2.24, 2.45) is 7.05 Å². The predicted octanol–water partition coefficient (Wildman–Crippen LogP) is 0.609. The summed E-state index contributed by atoms with van der Waals surface area (Å²) in [5.74, 6) is 0.648. The van der Waals surface area contributed by atoms with Crippen molar-refractivity contribution >= 4 is 11.8 Å². The van der Waals surface area contributed by atoms with Gasteiger partial charge in [-0.1, -0.05) is 0 Å². The maximum atomic E-state index is 11.5. The highest BCUT2D eigenvalue weighted by atomic mass is 16.5. The molecule has 0 radical (unpaired) electrons. The summed E-state index contributed by atoms with van der Waals surface area (Å²) in [4.78, 5) is 19.7. The molecule has 0 aromatic carbocycles. The lowest BCUT2D eigenvalue weighted by Crippen LogP contribution is -2.10. The number of carbonyl (C=O) groups is 1. The molecule has 2 rings (SSSR count). The fourth-order valence-corrected chi connectivity index (χ4v) is 1.45. The average molecular weight is 247 g/mol. The third-order valence-corrected chi connectivity index (χ3v) is 2.27. The van der Waals surface area contributed by atoms with Crippen LogP contribution in [0.25, 0.3) is 0 Å². The minimum absolute atomic E-state index is 0.385. The first-order valence-electron chi connectivity index (χ1n) is 5.32. The van der Waals surface area contributed by atoms with Crippen molar-refractivity contribution in [3.05, 3.63) is 36.0 Å². The number of aromatic nitrogens is 4. The van der Waals surface area contributed by atoms with Crippen LogP contribution in [0.5, 0.6) is 0 Å². The molecule has 0 aliphatic rings. The van der Waals surface area contributed by atoms with E-state index in [-0.39, 0.29) is 0 Å². The Morgan fingerprint density at radius 3 is 3.00 bits per heavy atom. The van der Waals surface area contributed by atoms with E-state index in [1.807, 2.05) is 0 Å². The SMILES string of the molecule is COC(=O)c1cccnc1NCc1ncn(C)n1. The summed E-state index contributed by atoms with van der Waals surface area (Å²) in [5, 5.41) is 7.13. The van der Waals surface area contributed by atoms with Crippen molar-refractivity contribution in [3.63, 3.8) is 0 Å². The lowest BCUT2D eigenvalue weighted by Gasteiger charge is -2.07. The van der Waals surface area contributed by atoms with E-state index in [1.54, 1.807) is 36.4 Å². The van der Waals surface area contributed by atoms with Gasteiger partial charge in [0.1, 0.15) is 17.7 Å². The molecule has 0 unspecified atom stereocenters. The fourth-order valence-electron chi connectivity index (χ4n) is 1.45. The van der Waals surface area contributed by atoms with Gasteiger partial charge in [0, 0.05) is 13.2 Å². The number of hydrogen-bond acceptors (Lipinski definition) is 6. The van der Waals surface area contributed by atoms with Gasteiger partial charge >= 0.3 is 5.97 Å². The zero-order valence-electron chi connectivity index (χ0n) is 10.1. The molecule has 2 heterocycles. The van der Waals surface area contributed by atoms with Gasteiger partial charge in [-0.05, 0) is 12.1 Å². The lowest BCUT2D eigenvalue weighted by molar-refractivity contribution is 0.0601. The van der Waals surface area contributed by atoms with E-state index in [0.717, 1.165) is 0 Å². The standard InChI is InChI=1S/C11H13N5O2/c1-16-7-14-9(15-16)6-13-10-8(11(17)18-2)4-3-5-12-10/h3-5,7H,6H2,1-2H3,(H,12,13). The molecule has 0 saturated carbocycles. The molecule has 7 heteroatoms. The number of nitrogens with one attached hydrogen (secondary N) is 1. The van der Waals surface area contributed by atoms with Crippen molar-refractivity contribution < 1.29 is 9.53 Å². The molecule has 0 bridgehead atoms. The molecule has 0 atom stereocenters. The number of nitrogens with zero attached hydrogens (tertiary/aromatic N) is 4. The largest absolute Gasteiger partial charge is 0.465 e. The minimum Gasteiger partial charge on any atom is -0.465 e. The van der Waals surface area contributed by atoms with Crippen molar-refractivity contribution in [2.45, 2.75) is 6.54 Å². The molecule has 0 spiro atoms. The minimum atomic E-state index is -0.431. The van der Waals surface area contributed by atoms with Crippen LogP contribution in [0.2, 0.25) is 0 Å². The molecule has 0 aliphatic carbocycles. The zero-order valence-corrected chi connectivity index (χ0v) is 10.1. The van der Waals surface area contributed by atoms with E-state index in [1.165, 1.54) is 7.11 Å². The van der Waals surface area contributed by atoms with Gasteiger partial charge in [-0.3, -0.25) is 4.68 Å². The summed E-state index contributed by atoms with van der Waals surface area (Å²) in [7, 11) is 3.12. The Hall–Kier alpha value is -2.44. The van der Waals surface area contributed by atoms with E-state index in [4.69, 9.17) is 0 Å². The summed E-state index contributed by atoms with van der Waals surface area (Å²) in [6.45, 7) is 0.391. The van der Waals surface area contributed by atoms with E-state index in [0.29, 0.717) is 23.8 Å². The molecular formula is C11H13N5O2. The summed E-state index contributed by atoms with van der Waals surface area (Å²) in [6.07, 6.45) is 3.21.